The fourth-order valence-electron chi connectivity index (χ4n) is 2.25. The highest BCUT2D eigenvalue weighted by molar-refractivity contribution is 5.24. The van der Waals surface area contributed by atoms with Crippen molar-refractivity contribution in [1.82, 2.24) is 4.57 Å². The van der Waals surface area contributed by atoms with Crippen molar-refractivity contribution in [3.63, 3.8) is 0 Å². The first kappa shape index (κ1) is 14.5. The molecule has 2 aromatic rings. The summed E-state index contributed by atoms with van der Waals surface area (Å²) in [4.78, 5) is 11.6. The van der Waals surface area contributed by atoms with Gasteiger partial charge in [0, 0.05) is 12.3 Å². The van der Waals surface area contributed by atoms with Crippen molar-refractivity contribution in [1.29, 1.82) is 0 Å². The summed E-state index contributed by atoms with van der Waals surface area (Å²) in [7, 11) is 0. The van der Waals surface area contributed by atoms with E-state index < -0.39 is 6.10 Å². The highest BCUT2D eigenvalue weighted by Crippen LogP contribution is 2.17. The highest BCUT2D eigenvalue weighted by atomic mass is 16.3. The predicted molar refractivity (Wildman–Crippen MR) is 80.6 cm³/mol. The summed E-state index contributed by atoms with van der Waals surface area (Å²) in [5, 5.41) is 10.2. The van der Waals surface area contributed by atoms with Crippen molar-refractivity contribution in [2.75, 3.05) is 0 Å². The summed E-state index contributed by atoms with van der Waals surface area (Å²) in [5.74, 6) is 0.619. The Balaban J connectivity index is 2.08. The minimum absolute atomic E-state index is 0.0945. The smallest absolute Gasteiger partial charge is 0.250 e. The molecular formula is C17H21NO2. The summed E-state index contributed by atoms with van der Waals surface area (Å²) >= 11 is 0. The lowest BCUT2D eigenvalue weighted by atomic mass is 10.0. The molecule has 1 aromatic carbocycles. The molecule has 20 heavy (non-hydrogen) atoms. The molecule has 2 rings (SSSR count). The molecule has 0 spiro atoms. The maximum atomic E-state index is 11.6. The molecule has 0 aliphatic carbocycles. The van der Waals surface area contributed by atoms with Gasteiger partial charge in [0.2, 0.25) is 0 Å². The van der Waals surface area contributed by atoms with Gasteiger partial charge < -0.3 is 9.67 Å². The normalized spacial score (nSPS) is 12.6. The topological polar surface area (TPSA) is 42.2 Å². The van der Waals surface area contributed by atoms with E-state index in [2.05, 4.69) is 13.8 Å². The van der Waals surface area contributed by atoms with Gasteiger partial charge in [-0.25, -0.2) is 0 Å². The van der Waals surface area contributed by atoms with Crippen LogP contribution in [0.25, 0.3) is 0 Å². The lowest BCUT2D eigenvalue weighted by Crippen LogP contribution is -2.21. The molecule has 1 N–H and O–H groups in total. The molecule has 0 aliphatic heterocycles. The van der Waals surface area contributed by atoms with Crippen LogP contribution in [0.2, 0.25) is 0 Å². The largest absolute Gasteiger partial charge is 0.387 e. The van der Waals surface area contributed by atoms with Gasteiger partial charge in [-0.05, 0) is 29.5 Å². The Labute approximate surface area is 119 Å². The van der Waals surface area contributed by atoms with Crippen LogP contribution in [0, 0.1) is 5.92 Å². The zero-order chi connectivity index (χ0) is 14.5. The first-order chi connectivity index (χ1) is 9.56. The SMILES string of the molecule is CC(C)Cc1ccc(C(O)Cn2ccccc2=O)cc1. The van der Waals surface area contributed by atoms with E-state index in [1.807, 2.05) is 24.3 Å². The van der Waals surface area contributed by atoms with Crippen molar-refractivity contribution in [2.45, 2.75) is 32.9 Å². The van der Waals surface area contributed by atoms with E-state index >= 15 is 0 Å². The van der Waals surface area contributed by atoms with Gasteiger partial charge in [0.15, 0.2) is 0 Å². The van der Waals surface area contributed by atoms with Crippen molar-refractivity contribution >= 4 is 0 Å². The fourth-order valence-corrected chi connectivity index (χ4v) is 2.25. The number of nitrogens with zero attached hydrogens (tertiary/aromatic N) is 1. The van der Waals surface area contributed by atoms with Gasteiger partial charge in [0.1, 0.15) is 0 Å². The lowest BCUT2D eigenvalue weighted by Gasteiger charge is -2.13. The number of rotatable bonds is 5. The van der Waals surface area contributed by atoms with E-state index in [9.17, 15) is 9.90 Å². The molecular weight excluding hydrogens is 250 g/mol. The Hall–Kier alpha value is -1.87. The molecule has 1 aromatic heterocycles. The summed E-state index contributed by atoms with van der Waals surface area (Å²) in [6, 6.07) is 13.0. The number of hydrogen-bond donors (Lipinski definition) is 1. The van der Waals surface area contributed by atoms with Gasteiger partial charge in [0.05, 0.1) is 12.6 Å². The summed E-state index contributed by atoms with van der Waals surface area (Å²) in [5.41, 5.74) is 2.02. The van der Waals surface area contributed by atoms with E-state index in [-0.39, 0.29) is 12.1 Å². The van der Waals surface area contributed by atoms with Crippen molar-refractivity contribution in [3.05, 3.63) is 70.1 Å². The van der Waals surface area contributed by atoms with Gasteiger partial charge in [-0.2, -0.15) is 0 Å². The van der Waals surface area contributed by atoms with Crippen LogP contribution in [-0.2, 0) is 13.0 Å². The van der Waals surface area contributed by atoms with E-state index in [1.54, 1.807) is 18.3 Å². The monoisotopic (exact) mass is 271 g/mol. The Morgan fingerprint density at radius 2 is 1.80 bits per heavy atom. The molecule has 0 amide bonds. The van der Waals surface area contributed by atoms with Gasteiger partial charge in [-0.1, -0.05) is 44.2 Å². The van der Waals surface area contributed by atoms with Crippen LogP contribution >= 0.6 is 0 Å². The van der Waals surface area contributed by atoms with Crippen molar-refractivity contribution in [2.24, 2.45) is 5.92 Å². The minimum Gasteiger partial charge on any atom is -0.387 e. The van der Waals surface area contributed by atoms with Crippen LogP contribution in [0.3, 0.4) is 0 Å². The van der Waals surface area contributed by atoms with E-state index in [1.165, 1.54) is 16.2 Å². The quantitative estimate of drug-likeness (QED) is 0.908. The van der Waals surface area contributed by atoms with Crippen molar-refractivity contribution < 1.29 is 5.11 Å². The highest BCUT2D eigenvalue weighted by Gasteiger charge is 2.09. The maximum Gasteiger partial charge on any atom is 0.250 e. The number of pyridine rings is 1. The Morgan fingerprint density at radius 1 is 1.10 bits per heavy atom. The molecule has 3 heteroatoms. The third-order valence-electron chi connectivity index (χ3n) is 3.28. The summed E-state index contributed by atoms with van der Waals surface area (Å²) < 4.78 is 1.52. The number of aliphatic hydroxyl groups is 1. The first-order valence-corrected chi connectivity index (χ1v) is 6.98. The van der Waals surface area contributed by atoms with Crippen LogP contribution in [0.15, 0.2) is 53.5 Å². The maximum absolute atomic E-state index is 11.6. The van der Waals surface area contributed by atoms with Crippen LogP contribution < -0.4 is 5.56 Å². The van der Waals surface area contributed by atoms with Crippen LogP contribution in [0.4, 0.5) is 0 Å². The van der Waals surface area contributed by atoms with E-state index in [0.717, 1.165) is 12.0 Å². The van der Waals surface area contributed by atoms with Gasteiger partial charge in [-0.15, -0.1) is 0 Å². The summed E-state index contributed by atoms with van der Waals surface area (Å²) in [6.07, 6.45) is 2.07. The molecule has 0 aliphatic rings. The average Bonchev–Trinajstić information content (AvgIpc) is 2.41. The third kappa shape index (κ3) is 3.81. The second-order valence-corrected chi connectivity index (χ2v) is 5.55. The molecule has 0 saturated heterocycles. The van der Waals surface area contributed by atoms with Gasteiger partial charge in [0.25, 0.3) is 5.56 Å². The van der Waals surface area contributed by atoms with E-state index in [4.69, 9.17) is 0 Å². The summed E-state index contributed by atoms with van der Waals surface area (Å²) in [6.45, 7) is 4.65. The molecule has 0 radical (unpaired) electrons. The predicted octanol–water partition coefficient (Wildman–Crippen LogP) is 2.78. The zero-order valence-corrected chi connectivity index (χ0v) is 12.0. The fraction of sp³-hybridized carbons (Fsp3) is 0.353. The number of aliphatic hydroxyl groups excluding tert-OH is 1. The second-order valence-electron chi connectivity index (χ2n) is 5.55. The zero-order valence-electron chi connectivity index (χ0n) is 12.0. The molecule has 1 heterocycles. The van der Waals surface area contributed by atoms with Crippen LogP contribution in [0.5, 0.6) is 0 Å². The standard InChI is InChI=1S/C17H21NO2/c1-13(2)11-14-6-8-15(9-7-14)16(19)12-18-10-4-3-5-17(18)20/h3-10,13,16,19H,11-12H2,1-2H3. The van der Waals surface area contributed by atoms with Gasteiger partial charge >= 0.3 is 0 Å². The molecule has 0 saturated carbocycles. The van der Waals surface area contributed by atoms with E-state index in [0.29, 0.717) is 5.92 Å². The number of aromatic nitrogens is 1. The molecule has 106 valence electrons. The van der Waals surface area contributed by atoms with Crippen LogP contribution in [0.1, 0.15) is 31.1 Å². The van der Waals surface area contributed by atoms with Gasteiger partial charge in [-0.3, -0.25) is 4.79 Å². The minimum atomic E-state index is -0.664. The second kappa shape index (κ2) is 6.53. The van der Waals surface area contributed by atoms with Crippen molar-refractivity contribution in [3.8, 4) is 0 Å². The molecule has 3 nitrogen and oxygen atoms in total. The number of benzene rings is 1. The Morgan fingerprint density at radius 3 is 2.40 bits per heavy atom. The number of hydrogen-bond acceptors (Lipinski definition) is 2. The Kier molecular flexibility index (Phi) is 4.74. The first-order valence-electron chi connectivity index (χ1n) is 6.98. The molecule has 1 unspecified atom stereocenters. The third-order valence-corrected chi connectivity index (χ3v) is 3.28. The molecule has 0 fully saturated rings. The van der Waals surface area contributed by atoms with Crippen LogP contribution in [-0.4, -0.2) is 9.67 Å². The molecule has 1 atom stereocenters. The average molecular weight is 271 g/mol. The lowest BCUT2D eigenvalue weighted by molar-refractivity contribution is 0.155. The molecule has 0 bridgehead atoms. The Bertz CT molecular complexity index is 599.